The third-order valence-electron chi connectivity index (χ3n) is 0.715. The Morgan fingerprint density at radius 3 is 1.78 bits per heavy atom. The molecule has 0 aromatic heterocycles. The first-order chi connectivity index (χ1) is 4.06. The van der Waals surface area contributed by atoms with Crippen LogP contribution in [-0.2, 0) is 13.6 Å². The molecule has 0 aromatic carbocycles. The van der Waals surface area contributed by atoms with Gasteiger partial charge in [-0.25, -0.2) is 9.36 Å². The van der Waals surface area contributed by atoms with Crippen LogP contribution in [0.15, 0.2) is 0 Å². The molecule has 9 heavy (non-hydrogen) atoms. The standard InChI is InChI=1S/C3H7O5P/c1-7-9(6,8-2)3(4)5/h1-2H3,(H,4,5). The summed E-state index contributed by atoms with van der Waals surface area (Å²) >= 11 is 0. The molecule has 0 spiro atoms. The van der Waals surface area contributed by atoms with Crippen molar-refractivity contribution in [2.45, 2.75) is 0 Å². The van der Waals surface area contributed by atoms with E-state index in [2.05, 4.69) is 9.05 Å². The van der Waals surface area contributed by atoms with Gasteiger partial charge in [0.05, 0.1) is 0 Å². The van der Waals surface area contributed by atoms with Crippen LogP contribution in [0.3, 0.4) is 0 Å². The monoisotopic (exact) mass is 154 g/mol. The molecular formula is C3H7O5P. The van der Waals surface area contributed by atoms with Crippen LogP contribution in [0.2, 0.25) is 0 Å². The van der Waals surface area contributed by atoms with Gasteiger partial charge in [0.1, 0.15) is 0 Å². The third-order valence-corrected chi connectivity index (χ3v) is 2.14. The zero-order valence-corrected chi connectivity index (χ0v) is 5.92. The molecule has 0 aliphatic rings. The number of carbonyl (C=O) groups is 1. The van der Waals surface area contributed by atoms with Gasteiger partial charge in [0.2, 0.25) is 0 Å². The second kappa shape index (κ2) is 2.96. The Morgan fingerprint density at radius 2 is 1.78 bits per heavy atom. The minimum Gasteiger partial charge on any atom is -0.472 e. The van der Waals surface area contributed by atoms with Gasteiger partial charge in [0.15, 0.2) is 0 Å². The van der Waals surface area contributed by atoms with Crippen LogP contribution in [0, 0.1) is 0 Å². The SMILES string of the molecule is COP(=O)(OC)C(=O)O. The van der Waals surface area contributed by atoms with Gasteiger partial charge in [0, 0.05) is 14.2 Å². The van der Waals surface area contributed by atoms with Gasteiger partial charge < -0.3 is 14.2 Å². The highest BCUT2D eigenvalue weighted by Gasteiger charge is 2.31. The van der Waals surface area contributed by atoms with Gasteiger partial charge in [0.25, 0.3) is 0 Å². The average molecular weight is 154 g/mol. The van der Waals surface area contributed by atoms with Gasteiger partial charge in [-0.3, -0.25) is 0 Å². The predicted molar refractivity (Wildman–Crippen MR) is 29.6 cm³/mol. The molecule has 5 nitrogen and oxygen atoms in total. The van der Waals surface area contributed by atoms with Gasteiger partial charge in [-0.2, -0.15) is 0 Å². The number of rotatable bonds is 3. The summed E-state index contributed by atoms with van der Waals surface area (Å²) in [6.45, 7) is 0. The Kier molecular flexibility index (Phi) is 2.84. The number of carboxylic acid groups (broad SMARTS) is 1. The summed E-state index contributed by atoms with van der Waals surface area (Å²) in [6.07, 6.45) is 0. The quantitative estimate of drug-likeness (QED) is 0.617. The highest BCUT2D eigenvalue weighted by atomic mass is 31.2. The van der Waals surface area contributed by atoms with E-state index in [-0.39, 0.29) is 0 Å². The summed E-state index contributed by atoms with van der Waals surface area (Å²) in [5.41, 5.74) is -1.58. The van der Waals surface area contributed by atoms with Crippen LogP contribution in [0.1, 0.15) is 0 Å². The lowest BCUT2D eigenvalue weighted by atomic mass is 11.6. The van der Waals surface area contributed by atoms with Crippen LogP contribution < -0.4 is 0 Å². The summed E-state index contributed by atoms with van der Waals surface area (Å²) in [4.78, 5) is 9.97. The molecule has 0 radical (unpaired) electrons. The summed E-state index contributed by atoms with van der Waals surface area (Å²) in [7, 11) is -1.81. The van der Waals surface area contributed by atoms with E-state index in [1.165, 1.54) is 0 Å². The van der Waals surface area contributed by atoms with Crippen molar-refractivity contribution in [3.8, 4) is 0 Å². The molecule has 0 amide bonds. The molecular weight excluding hydrogens is 147 g/mol. The van der Waals surface area contributed by atoms with Crippen molar-refractivity contribution in [3.63, 3.8) is 0 Å². The minimum atomic E-state index is -3.84. The first-order valence-electron chi connectivity index (χ1n) is 2.02. The van der Waals surface area contributed by atoms with Crippen LogP contribution in [0.5, 0.6) is 0 Å². The Hall–Kier alpha value is -0.380. The minimum absolute atomic E-state index is 1.01. The molecule has 0 atom stereocenters. The maximum atomic E-state index is 10.6. The molecule has 0 rings (SSSR count). The van der Waals surface area contributed by atoms with Gasteiger partial charge in [-0.1, -0.05) is 0 Å². The van der Waals surface area contributed by atoms with E-state index in [1.807, 2.05) is 0 Å². The summed E-state index contributed by atoms with van der Waals surface area (Å²) in [5, 5.41) is 8.12. The smallest absolute Gasteiger partial charge is 0.437 e. The van der Waals surface area contributed by atoms with E-state index in [0.29, 0.717) is 0 Å². The second-order valence-electron chi connectivity index (χ2n) is 1.15. The maximum absolute atomic E-state index is 10.6. The molecule has 0 saturated heterocycles. The number of hydrogen-bond acceptors (Lipinski definition) is 4. The van der Waals surface area contributed by atoms with Gasteiger partial charge >= 0.3 is 13.3 Å². The van der Waals surface area contributed by atoms with E-state index in [1.54, 1.807) is 0 Å². The Bertz CT molecular complexity index is 144. The second-order valence-corrected chi connectivity index (χ2v) is 3.25. The zero-order chi connectivity index (χ0) is 7.49. The van der Waals surface area contributed by atoms with Crippen LogP contribution in [0.25, 0.3) is 0 Å². The molecule has 0 aromatic rings. The molecule has 0 heterocycles. The summed E-state index contributed by atoms with van der Waals surface area (Å²) < 4.78 is 18.8. The largest absolute Gasteiger partial charge is 0.472 e. The third kappa shape index (κ3) is 1.78. The fourth-order valence-electron chi connectivity index (χ4n) is 0.231. The molecule has 0 aliphatic heterocycles. The van der Waals surface area contributed by atoms with Crippen molar-refractivity contribution in [3.05, 3.63) is 0 Å². The van der Waals surface area contributed by atoms with Crippen molar-refractivity contribution in [2.24, 2.45) is 0 Å². The van der Waals surface area contributed by atoms with E-state index in [4.69, 9.17) is 5.11 Å². The lowest BCUT2D eigenvalue weighted by Gasteiger charge is -2.05. The van der Waals surface area contributed by atoms with Crippen molar-refractivity contribution < 1.29 is 23.5 Å². The van der Waals surface area contributed by atoms with Gasteiger partial charge in [-0.15, -0.1) is 0 Å². The van der Waals surface area contributed by atoms with E-state index in [9.17, 15) is 9.36 Å². The topological polar surface area (TPSA) is 72.8 Å². The van der Waals surface area contributed by atoms with E-state index < -0.39 is 13.3 Å². The van der Waals surface area contributed by atoms with Crippen LogP contribution >= 0.6 is 7.60 Å². The summed E-state index contributed by atoms with van der Waals surface area (Å²) in [5.74, 6) is 0. The normalized spacial score (nSPS) is 11.3. The number of hydrogen-bond donors (Lipinski definition) is 1. The highest BCUT2D eigenvalue weighted by Crippen LogP contribution is 2.46. The lowest BCUT2D eigenvalue weighted by Crippen LogP contribution is -1.98. The zero-order valence-electron chi connectivity index (χ0n) is 5.03. The summed E-state index contributed by atoms with van der Waals surface area (Å²) in [6, 6.07) is 0. The lowest BCUT2D eigenvalue weighted by molar-refractivity contribution is 0.198. The highest BCUT2D eigenvalue weighted by molar-refractivity contribution is 7.71. The first-order valence-corrected chi connectivity index (χ1v) is 3.56. The van der Waals surface area contributed by atoms with Crippen LogP contribution in [-0.4, -0.2) is 25.0 Å². The maximum Gasteiger partial charge on any atom is 0.437 e. The molecule has 54 valence electrons. The molecule has 1 N–H and O–H groups in total. The molecule has 0 saturated carbocycles. The van der Waals surface area contributed by atoms with Crippen molar-refractivity contribution >= 4 is 13.3 Å². The Morgan fingerprint density at radius 1 is 1.44 bits per heavy atom. The molecule has 0 fully saturated rings. The fourth-order valence-corrected chi connectivity index (χ4v) is 0.692. The molecule has 0 bridgehead atoms. The van der Waals surface area contributed by atoms with Crippen molar-refractivity contribution in [1.82, 2.24) is 0 Å². The van der Waals surface area contributed by atoms with Crippen molar-refractivity contribution in [2.75, 3.05) is 14.2 Å². The fraction of sp³-hybridized carbons (Fsp3) is 0.667. The Labute approximate surface area is 52.1 Å². The van der Waals surface area contributed by atoms with Crippen LogP contribution in [0.4, 0.5) is 4.79 Å². The molecule has 0 aliphatic carbocycles. The van der Waals surface area contributed by atoms with Gasteiger partial charge in [-0.05, 0) is 0 Å². The van der Waals surface area contributed by atoms with E-state index in [0.717, 1.165) is 14.2 Å². The van der Waals surface area contributed by atoms with Crippen molar-refractivity contribution in [1.29, 1.82) is 0 Å². The first kappa shape index (κ1) is 8.62. The average Bonchev–Trinajstić information content (AvgIpc) is 1.86. The van der Waals surface area contributed by atoms with E-state index >= 15 is 0 Å². The Balaban J connectivity index is 4.30. The predicted octanol–water partition coefficient (Wildman–Crippen LogP) is 1.15. The molecule has 0 unspecified atom stereocenters. The molecule has 6 heteroatoms.